The number of nitro benzene ring substituents is 2. The van der Waals surface area contributed by atoms with E-state index in [9.17, 15) is 25.0 Å². The third-order valence-corrected chi connectivity index (χ3v) is 4.35. The maximum absolute atomic E-state index is 11.9. The van der Waals surface area contributed by atoms with Crippen LogP contribution in [0.4, 0.5) is 11.4 Å². The van der Waals surface area contributed by atoms with Gasteiger partial charge in [-0.1, -0.05) is 35.9 Å². The Balaban J connectivity index is 1.62. The number of nitrogens with zero attached hydrogens (tertiary/aromatic N) is 3. The third-order valence-electron chi connectivity index (χ3n) is 4.03. The van der Waals surface area contributed by atoms with Gasteiger partial charge in [-0.05, 0) is 35.9 Å². The lowest BCUT2D eigenvalue weighted by molar-refractivity contribution is -0.394. The number of halogens is 1. The van der Waals surface area contributed by atoms with E-state index in [-0.39, 0.29) is 18.1 Å². The van der Waals surface area contributed by atoms with Crippen LogP contribution in [0.5, 0.6) is 17.2 Å². The number of hydrogen-bond donors (Lipinski definition) is 1. The summed E-state index contributed by atoms with van der Waals surface area (Å²) in [5.41, 5.74) is 1.84. The van der Waals surface area contributed by atoms with Gasteiger partial charge in [0.1, 0.15) is 11.5 Å². The van der Waals surface area contributed by atoms with Crippen molar-refractivity contribution in [3.05, 3.63) is 97.5 Å². The quantitative estimate of drug-likeness (QED) is 0.275. The van der Waals surface area contributed by atoms with Crippen molar-refractivity contribution in [2.75, 3.05) is 6.61 Å². The summed E-state index contributed by atoms with van der Waals surface area (Å²) in [7, 11) is 0. The fourth-order valence-corrected chi connectivity index (χ4v) is 2.74. The Morgan fingerprint density at radius 1 is 1.00 bits per heavy atom. The lowest BCUT2D eigenvalue weighted by Gasteiger charge is -2.07. The number of nitro groups is 2. The zero-order chi connectivity index (χ0) is 23.8. The predicted molar refractivity (Wildman–Crippen MR) is 119 cm³/mol. The van der Waals surface area contributed by atoms with Gasteiger partial charge in [0, 0.05) is 6.07 Å². The van der Waals surface area contributed by atoms with Crippen molar-refractivity contribution >= 4 is 35.1 Å². The highest BCUT2D eigenvalue weighted by Crippen LogP contribution is 2.34. The number of nitrogens with one attached hydrogen (secondary N) is 1. The molecule has 168 valence electrons. The average Bonchev–Trinajstić information content (AvgIpc) is 2.79. The second-order valence-electron chi connectivity index (χ2n) is 6.35. The fourth-order valence-electron chi connectivity index (χ4n) is 2.55. The summed E-state index contributed by atoms with van der Waals surface area (Å²) >= 11 is 5.95. The van der Waals surface area contributed by atoms with Gasteiger partial charge in [-0.15, -0.1) is 0 Å². The van der Waals surface area contributed by atoms with Crippen molar-refractivity contribution in [2.45, 2.75) is 0 Å². The molecular weight excluding hydrogens is 456 g/mol. The third kappa shape index (κ3) is 6.48. The van der Waals surface area contributed by atoms with Crippen molar-refractivity contribution in [1.82, 2.24) is 5.43 Å². The zero-order valence-corrected chi connectivity index (χ0v) is 17.5. The van der Waals surface area contributed by atoms with Crippen LogP contribution in [0.15, 0.2) is 71.8 Å². The predicted octanol–water partition coefficient (Wildman–Crippen LogP) is 4.48. The van der Waals surface area contributed by atoms with E-state index in [1.54, 1.807) is 42.5 Å². The van der Waals surface area contributed by atoms with Gasteiger partial charge in [-0.3, -0.25) is 25.0 Å². The molecule has 0 saturated carbocycles. The summed E-state index contributed by atoms with van der Waals surface area (Å²) in [4.78, 5) is 32.5. The minimum atomic E-state index is -0.770. The molecule has 1 amide bonds. The molecule has 0 aromatic heterocycles. The number of hydrogen-bond acceptors (Lipinski definition) is 8. The topological polar surface area (TPSA) is 146 Å². The standard InChI is InChI=1S/C21H15ClN4O7/c22-17-6-1-2-7-19(17)32-13-21(27)24-23-12-14-4-3-5-16(10-14)33-20-9-8-15(25(28)29)11-18(20)26(30)31/h1-12H,13H2,(H,24,27). The van der Waals surface area contributed by atoms with E-state index in [0.717, 1.165) is 18.2 Å². The second kappa shape index (κ2) is 10.7. The van der Waals surface area contributed by atoms with Gasteiger partial charge in [0.05, 0.1) is 27.2 Å². The van der Waals surface area contributed by atoms with Crippen molar-refractivity contribution in [3.8, 4) is 17.2 Å². The molecule has 1 N–H and O–H groups in total. The minimum absolute atomic E-state index is 0.162. The maximum Gasteiger partial charge on any atom is 0.318 e. The van der Waals surface area contributed by atoms with Gasteiger partial charge in [0.25, 0.3) is 11.6 Å². The Bertz CT molecular complexity index is 1230. The Morgan fingerprint density at radius 2 is 1.79 bits per heavy atom. The van der Waals surface area contributed by atoms with Crippen molar-refractivity contribution in [3.63, 3.8) is 0 Å². The van der Waals surface area contributed by atoms with E-state index in [0.29, 0.717) is 16.3 Å². The Hall–Kier alpha value is -4.51. The molecule has 0 atom stereocenters. The van der Waals surface area contributed by atoms with Crippen LogP contribution in [0.1, 0.15) is 5.56 Å². The number of carbonyl (C=O) groups excluding carboxylic acids is 1. The number of amides is 1. The summed E-state index contributed by atoms with van der Waals surface area (Å²) in [5, 5.41) is 26.3. The average molecular weight is 471 g/mol. The van der Waals surface area contributed by atoms with Gasteiger partial charge in [0.2, 0.25) is 5.75 Å². The van der Waals surface area contributed by atoms with Crippen LogP contribution >= 0.6 is 11.6 Å². The van der Waals surface area contributed by atoms with Crippen molar-refractivity contribution in [1.29, 1.82) is 0 Å². The van der Waals surface area contributed by atoms with Crippen LogP contribution in [-0.4, -0.2) is 28.6 Å². The number of carbonyl (C=O) groups is 1. The first-order valence-corrected chi connectivity index (χ1v) is 9.61. The highest BCUT2D eigenvalue weighted by Gasteiger charge is 2.21. The number of benzene rings is 3. The summed E-state index contributed by atoms with van der Waals surface area (Å²) in [6.45, 7) is -0.298. The molecule has 0 bridgehead atoms. The fraction of sp³-hybridized carbons (Fsp3) is 0.0476. The van der Waals surface area contributed by atoms with E-state index < -0.39 is 27.1 Å². The first-order chi connectivity index (χ1) is 15.8. The van der Waals surface area contributed by atoms with Gasteiger partial charge >= 0.3 is 5.69 Å². The van der Waals surface area contributed by atoms with Crippen LogP contribution < -0.4 is 14.9 Å². The van der Waals surface area contributed by atoms with E-state index in [1.807, 2.05) is 0 Å². The monoisotopic (exact) mass is 470 g/mol. The number of rotatable bonds is 9. The van der Waals surface area contributed by atoms with Crippen LogP contribution in [0.2, 0.25) is 5.02 Å². The molecule has 3 rings (SSSR count). The molecule has 0 saturated heterocycles. The Morgan fingerprint density at radius 3 is 2.52 bits per heavy atom. The molecule has 0 aliphatic carbocycles. The molecule has 0 fully saturated rings. The maximum atomic E-state index is 11.9. The highest BCUT2D eigenvalue weighted by atomic mass is 35.5. The first-order valence-electron chi connectivity index (χ1n) is 9.23. The van der Waals surface area contributed by atoms with Crippen LogP contribution in [0, 0.1) is 20.2 Å². The van der Waals surface area contributed by atoms with E-state index >= 15 is 0 Å². The number of para-hydroxylation sites is 1. The molecule has 0 radical (unpaired) electrons. The van der Waals surface area contributed by atoms with Gasteiger partial charge in [-0.2, -0.15) is 5.10 Å². The summed E-state index contributed by atoms with van der Waals surface area (Å²) < 4.78 is 10.8. The summed E-state index contributed by atoms with van der Waals surface area (Å²) in [6, 6.07) is 16.1. The number of hydrazone groups is 1. The molecule has 0 spiro atoms. The van der Waals surface area contributed by atoms with Crippen LogP contribution in [0.3, 0.4) is 0 Å². The first kappa shape index (κ1) is 23.2. The molecule has 3 aromatic carbocycles. The van der Waals surface area contributed by atoms with Gasteiger partial charge in [-0.25, -0.2) is 5.43 Å². The molecule has 0 aliphatic rings. The smallest absolute Gasteiger partial charge is 0.318 e. The number of non-ortho nitro benzene ring substituents is 1. The van der Waals surface area contributed by atoms with Crippen molar-refractivity contribution < 1.29 is 24.1 Å². The van der Waals surface area contributed by atoms with E-state index in [2.05, 4.69) is 10.5 Å². The van der Waals surface area contributed by atoms with Crippen molar-refractivity contribution in [2.24, 2.45) is 5.10 Å². The lowest BCUT2D eigenvalue weighted by atomic mass is 10.2. The van der Waals surface area contributed by atoms with Crippen LogP contribution in [0.25, 0.3) is 0 Å². The highest BCUT2D eigenvalue weighted by molar-refractivity contribution is 6.32. The number of ether oxygens (including phenoxy) is 2. The Labute approximate surface area is 191 Å². The normalized spacial score (nSPS) is 10.6. The van der Waals surface area contributed by atoms with Gasteiger partial charge < -0.3 is 9.47 Å². The molecule has 0 heterocycles. The van der Waals surface area contributed by atoms with Crippen LogP contribution in [-0.2, 0) is 4.79 Å². The second-order valence-corrected chi connectivity index (χ2v) is 6.76. The Kier molecular flexibility index (Phi) is 7.50. The summed E-state index contributed by atoms with van der Waals surface area (Å²) in [5.74, 6) is -0.0856. The molecule has 33 heavy (non-hydrogen) atoms. The molecule has 0 aliphatic heterocycles. The SMILES string of the molecule is O=C(COc1ccccc1Cl)NN=Cc1cccc(Oc2ccc([N+](=O)[O-])cc2[N+](=O)[O-])c1. The van der Waals surface area contributed by atoms with E-state index in [4.69, 9.17) is 21.1 Å². The van der Waals surface area contributed by atoms with E-state index in [1.165, 1.54) is 12.3 Å². The molecular formula is C21H15ClN4O7. The lowest BCUT2D eigenvalue weighted by Crippen LogP contribution is -2.24. The molecule has 0 unspecified atom stereocenters. The summed E-state index contributed by atoms with van der Waals surface area (Å²) in [6.07, 6.45) is 1.34. The molecule has 3 aromatic rings. The molecule has 12 heteroatoms. The largest absolute Gasteiger partial charge is 0.482 e. The molecule has 11 nitrogen and oxygen atoms in total. The zero-order valence-electron chi connectivity index (χ0n) is 16.7. The minimum Gasteiger partial charge on any atom is -0.482 e. The van der Waals surface area contributed by atoms with Gasteiger partial charge in [0.15, 0.2) is 6.61 Å².